The molecule has 3 atom stereocenters. The van der Waals surface area contributed by atoms with Crippen molar-refractivity contribution >= 4 is 5.91 Å². The number of benzene rings is 1. The molecule has 1 amide bonds. The van der Waals surface area contributed by atoms with Crippen LogP contribution in [-0.4, -0.2) is 74.9 Å². The summed E-state index contributed by atoms with van der Waals surface area (Å²) in [6, 6.07) is 8.78. The lowest BCUT2D eigenvalue weighted by atomic mass is 9.99. The Hall–Kier alpha value is -1.63. The van der Waals surface area contributed by atoms with E-state index in [2.05, 4.69) is 17.0 Å². The van der Waals surface area contributed by atoms with Crippen molar-refractivity contribution in [1.29, 1.82) is 0 Å². The molecule has 0 bridgehead atoms. The summed E-state index contributed by atoms with van der Waals surface area (Å²) in [5.41, 5.74) is 1.30. The summed E-state index contributed by atoms with van der Waals surface area (Å²) in [5, 5.41) is 0. The van der Waals surface area contributed by atoms with Gasteiger partial charge < -0.3 is 19.1 Å². The monoisotopic (exact) mass is 362 g/mol. The predicted octanol–water partition coefficient (Wildman–Crippen LogP) is 1.92. The van der Waals surface area contributed by atoms with E-state index < -0.39 is 0 Å². The molecular weight excluding hydrogens is 332 g/mol. The van der Waals surface area contributed by atoms with Crippen LogP contribution in [0, 0.1) is 0 Å². The summed E-state index contributed by atoms with van der Waals surface area (Å²) in [6.45, 7) is 2.65. The number of likely N-dealkylation sites (N-methyl/N-ethyl adjacent to an activating group) is 1. The van der Waals surface area contributed by atoms with Crippen LogP contribution in [0.3, 0.4) is 0 Å². The van der Waals surface area contributed by atoms with Crippen molar-refractivity contribution < 1.29 is 19.0 Å². The first kappa shape index (κ1) is 19.1. The van der Waals surface area contributed by atoms with Crippen LogP contribution in [0.1, 0.15) is 24.8 Å². The standard InChI is InChI=1S/C20H30N2O4/c1-21(2)20(23)14-25-13-17-8-9-18-19(26-17)10-11-22(18)12-15-4-6-16(24-3)7-5-15/h4-7,17-19H,8-14H2,1-3H3/t17-,18-,19-/m1/s1. The van der Waals surface area contributed by atoms with Crippen LogP contribution in [0.4, 0.5) is 0 Å². The second-order valence-corrected chi connectivity index (χ2v) is 7.35. The number of hydrogen-bond acceptors (Lipinski definition) is 5. The highest BCUT2D eigenvalue weighted by Gasteiger charge is 2.39. The van der Waals surface area contributed by atoms with Crippen LogP contribution in [0.2, 0.25) is 0 Å². The number of ether oxygens (including phenoxy) is 3. The molecule has 2 aliphatic rings. The quantitative estimate of drug-likeness (QED) is 0.742. The number of amides is 1. The van der Waals surface area contributed by atoms with Crippen molar-refractivity contribution in [2.75, 3.05) is 41.0 Å². The minimum absolute atomic E-state index is 0.00906. The Balaban J connectivity index is 1.45. The predicted molar refractivity (Wildman–Crippen MR) is 99.2 cm³/mol. The van der Waals surface area contributed by atoms with Crippen molar-refractivity contribution in [3.05, 3.63) is 29.8 Å². The van der Waals surface area contributed by atoms with Gasteiger partial charge in [0.2, 0.25) is 5.91 Å². The van der Waals surface area contributed by atoms with E-state index in [9.17, 15) is 4.79 Å². The van der Waals surface area contributed by atoms with Gasteiger partial charge in [-0.05, 0) is 37.0 Å². The minimum atomic E-state index is -0.00906. The first-order chi connectivity index (χ1) is 12.6. The van der Waals surface area contributed by atoms with E-state index in [0.29, 0.717) is 12.6 Å². The molecule has 0 unspecified atom stereocenters. The fourth-order valence-electron chi connectivity index (χ4n) is 3.78. The van der Waals surface area contributed by atoms with E-state index in [1.807, 2.05) is 12.1 Å². The molecule has 1 aromatic rings. The zero-order valence-corrected chi connectivity index (χ0v) is 16.0. The van der Waals surface area contributed by atoms with Gasteiger partial charge in [-0.25, -0.2) is 0 Å². The van der Waals surface area contributed by atoms with Gasteiger partial charge in [-0.3, -0.25) is 9.69 Å². The minimum Gasteiger partial charge on any atom is -0.497 e. The van der Waals surface area contributed by atoms with Crippen LogP contribution in [0.25, 0.3) is 0 Å². The number of hydrogen-bond donors (Lipinski definition) is 0. The highest BCUT2D eigenvalue weighted by atomic mass is 16.5. The molecule has 0 N–H and O–H groups in total. The lowest BCUT2D eigenvalue weighted by Gasteiger charge is -2.36. The second-order valence-electron chi connectivity index (χ2n) is 7.35. The summed E-state index contributed by atoms with van der Waals surface area (Å²) < 4.78 is 17.0. The van der Waals surface area contributed by atoms with E-state index >= 15 is 0 Å². The highest BCUT2D eigenvalue weighted by Crippen LogP contribution is 2.32. The summed E-state index contributed by atoms with van der Waals surface area (Å²) >= 11 is 0. The first-order valence-corrected chi connectivity index (χ1v) is 9.37. The Kier molecular flexibility index (Phi) is 6.51. The molecule has 26 heavy (non-hydrogen) atoms. The van der Waals surface area contributed by atoms with Crippen molar-refractivity contribution in [1.82, 2.24) is 9.80 Å². The zero-order chi connectivity index (χ0) is 18.5. The molecule has 0 saturated carbocycles. The van der Waals surface area contributed by atoms with Gasteiger partial charge in [0.05, 0.1) is 25.9 Å². The third-order valence-electron chi connectivity index (χ3n) is 5.32. The summed E-state index contributed by atoms with van der Waals surface area (Å²) in [6.07, 6.45) is 3.55. The normalized spacial score (nSPS) is 25.7. The number of methoxy groups -OCH3 is 1. The summed E-state index contributed by atoms with van der Waals surface area (Å²) in [5.74, 6) is 0.884. The Morgan fingerprint density at radius 1 is 1.23 bits per heavy atom. The zero-order valence-electron chi connectivity index (χ0n) is 16.0. The van der Waals surface area contributed by atoms with Gasteiger partial charge in [-0.15, -0.1) is 0 Å². The number of rotatable bonds is 7. The number of fused-ring (bicyclic) bond motifs is 1. The highest BCUT2D eigenvalue weighted by molar-refractivity contribution is 5.76. The van der Waals surface area contributed by atoms with E-state index in [4.69, 9.17) is 14.2 Å². The van der Waals surface area contributed by atoms with Crippen molar-refractivity contribution in [3.63, 3.8) is 0 Å². The maximum Gasteiger partial charge on any atom is 0.248 e. The van der Waals surface area contributed by atoms with Crippen LogP contribution < -0.4 is 4.74 Å². The molecule has 144 valence electrons. The topological polar surface area (TPSA) is 51.2 Å². The molecule has 2 saturated heterocycles. The molecular formula is C20H30N2O4. The van der Waals surface area contributed by atoms with Gasteiger partial charge in [0, 0.05) is 33.2 Å². The van der Waals surface area contributed by atoms with Crippen molar-refractivity contribution in [2.24, 2.45) is 0 Å². The van der Waals surface area contributed by atoms with Gasteiger partial charge in [-0.2, -0.15) is 0 Å². The van der Waals surface area contributed by atoms with Crippen LogP contribution >= 0.6 is 0 Å². The number of carbonyl (C=O) groups excluding carboxylic acids is 1. The van der Waals surface area contributed by atoms with Crippen molar-refractivity contribution in [3.8, 4) is 5.75 Å². The molecule has 6 nitrogen and oxygen atoms in total. The lowest BCUT2D eigenvalue weighted by molar-refractivity contribution is -0.138. The second kappa shape index (κ2) is 8.84. The number of carbonyl (C=O) groups is 1. The largest absolute Gasteiger partial charge is 0.497 e. The van der Waals surface area contributed by atoms with Crippen LogP contribution in [-0.2, 0) is 20.8 Å². The van der Waals surface area contributed by atoms with Gasteiger partial charge in [0.1, 0.15) is 12.4 Å². The molecule has 2 fully saturated rings. The Morgan fingerprint density at radius 3 is 2.69 bits per heavy atom. The smallest absolute Gasteiger partial charge is 0.248 e. The third-order valence-corrected chi connectivity index (χ3v) is 5.32. The molecule has 0 spiro atoms. The third kappa shape index (κ3) is 4.75. The Bertz CT molecular complexity index is 590. The van der Waals surface area contributed by atoms with E-state index in [1.165, 1.54) is 5.56 Å². The molecule has 2 heterocycles. The Labute approximate surface area is 156 Å². The molecule has 0 aromatic heterocycles. The number of likely N-dealkylation sites (tertiary alicyclic amines) is 1. The van der Waals surface area contributed by atoms with Crippen LogP contribution in [0.15, 0.2) is 24.3 Å². The van der Waals surface area contributed by atoms with Crippen molar-refractivity contribution in [2.45, 2.75) is 44.1 Å². The number of nitrogens with zero attached hydrogens (tertiary/aromatic N) is 2. The van der Waals surface area contributed by atoms with Gasteiger partial charge in [-0.1, -0.05) is 12.1 Å². The molecule has 2 aliphatic heterocycles. The van der Waals surface area contributed by atoms with E-state index in [0.717, 1.165) is 38.1 Å². The fourth-order valence-corrected chi connectivity index (χ4v) is 3.78. The summed E-state index contributed by atoms with van der Waals surface area (Å²) in [4.78, 5) is 15.6. The average Bonchev–Trinajstić information content (AvgIpc) is 3.04. The van der Waals surface area contributed by atoms with E-state index in [1.54, 1.807) is 26.1 Å². The summed E-state index contributed by atoms with van der Waals surface area (Å²) in [7, 11) is 5.17. The molecule has 0 radical (unpaired) electrons. The lowest BCUT2D eigenvalue weighted by Crippen LogP contribution is -2.43. The van der Waals surface area contributed by atoms with Gasteiger partial charge in [0.15, 0.2) is 0 Å². The fraction of sp³-hybridized carbons (Fsp3) is 0.650. The first-order valence-electron chi connectivity index (χ1n) is 9.37. The van der Waals surface area contributed by atoms with E-state index in [-0.39, 0.29) is 24.7 Å². The molecule has 3 rings (SSSR count). The maximum atomic E-state index is 11.6. The van der Waals surface area contributed by atoms with Gasteiger partial charge >= 0.3 is 0 Å². The SMILES string of the molecule is COc1ccc(CN2CC[C@H]3O[C@@H](COCC(=O)N(C)C)CC[C@H]32)cc1. The molecule has 0 aliphatic carbocycles. The van der Waals surface area contributed by atoms with Gasteiger partial charge in [0.25, 0.3) is 0 Å². The Morgan fingerprint density at radius 2 is 2.00 bits per heavy atom. The maximum absolute atomic E-state index is 11.6. The average molecular weight is 362 g/mol. The van der Waals surface area contributed by atoms with Crippen LogP contribution in [0.5, 0.6) is 5.75 Å². The molecule has 1 aromatic carbocycles. The molecule has 6 heteroatoms.